The molecule has 0 aliphatic carbocycles. The molecule has 0 saturated heterocycles. The molecule has 0 spiro atoms. The second kappa shape index (κ2) is 4.84. The van der Waals surface area contributed by atoms with Crippen molar-refractivity contribution in [3.63, 3.8) is 0 Å². The van der Waals surface area contributed by atoms with Crippen LogP contribution in [0.3, 0.4) is 0 Å². The van der Waals surface area contributed by atoms with Crippen molar-refractivity contribution in [3.05, 3.63) is 23.0 Å². The van der Waals surface area contributed by atoms with Gasteiger partial charge in [0.1, 0.15) is 11.4 Å². The monoisotopic (exact) mass is 232 g/mol. The highest BCUT2D eigenvalue weighted by molar-refractivity contribution is 5.90. The molecule has 0 amide bonds. The van der Waals surface area contributed by atoms with Crippen LogP contribution in [0.5, 0.6) is 5.75 Å². The molecular formula is C9H10F2N2O3. The predicted molar refractivity (Wildman–Crippen MR) is 50.1 cm³/mol. The Morgan fingerprint density at radius 2 is 2.31 bits per heavy atom. The van der Waals surface area contributed by atoms with Crippen LogP contribution >= 0.6 is 0 Å². The first-order valence-corrected chi connectivity index (χ1v) is 4.30. The van der Waals surface area contributed by atoms with Gasteiger partial charge in [-0.15, -0.1) is 0 Å². The zero-order valence-electron chi connectivity index (χ0n) is 8.41. The van der Waals surface area contributed by atoms with E-state index in [1.807, 2.05) is 0 Å². The van der Waals surface area contributed by atoms with Gasteiger partial charge in [0, 0.05) is 6.54 Å². The van der Waals surface area contributed by atoms with E-state index in [1.165, 1.54) is 0 Å². The van der Waals surface area contributed by atoms with E-state index in [2.05, 4.69) is 9.72 Å². The average molecular weight is 232 g/mol. The van der Waals surface area contributed by atoms with Crippen LogP contribution in [0, 0.1) is 0 Å². The lowest BCUT2D eigenvalue weighted by Gasteiger charge is -2.09. The molecular weight excluding hydrogens is 222 g/mol. The standard InChI is InChI=1S/C9H10F2N2O3/c1-16-9(15)7-5(14)2-4(3-12)6(13-7)8(10)11/h2,8,14H,3,12H2,1H3. The first-order chi connectivity index (χ1) is 7.51. The molecule has 16 heavy (non-hydrogen) atoms. The number of ether oxygens (including phenoxy) is 1. The number of alkyl halides is 2. The average Bonchev–Trinajstić information content (AvgIpc) is 2.27. The van der Waals surface area contributed by atoms with Gasteiger partial charge in [-0.2, -0.15) is 0 Å². The van der Waals surface area contributed by atoms with Crippen LogP contribution in [-0.4, -0.2) is 23.2 Å². The van der Waals surface area contributed by atoms with Gasteiger partial charge in [0.2, 0.25) is 0 Å². The molecule has 1 rings (SSSR count). The molecule has 0 bridgehead atoms. The van der Waals surface area contributed by atoms with Crippen LogP contribution in [0.1, 0.15) is 28.2 Å². The number of carbonyl (C=O) groups is 1. The molecule has 3 N–H and O–H groups in total. The Balaban J connectivity index is 3.33. The molecule has 0 aliphatic rings. The molecule has 0 radical (unpaired) electrons. The number of nitrogens with zero attached hydrogens (tertiary/aromatic N) is 1. The van der Waals surface area contributed by atoms with E-state index in [0.29, 0.717) is 0 Å². The number of aromatic nitrogens is 1. The van der Waals surface area contributed by atoms with Gasteiger partial charge in [0.15, 0.2) is 5.69 Å². The maximum absolute atomic E-state index is 12.5. The molecule has 0 unspecified atom stereocenters. The second-order valence-electron chi connectivity index (χ2n) is 2.90. The summed E-state index contributed by atoms with van der Waals surface area (Å²) in [7, 11) is 1.06. The Labute approximate surface area is 89.9 Å². The van der Waals surface area contributed by atoms with Gasteiger partial charge in [-0.25, -0.2) is 18.6 Å². The summed E-state index contributed by atoms with van der Waals surface area (Å²) in [5.41, 5.74) is 4.03. The Bertz CT molecular complexity index is 410. The summed E-state index contributed by atoms with van der Waals surface area (Å²) in [6, 6.07) is 0.987. The molecule has 0 atom stereocenters. The molecule has 1 aromatic rings. The van der Waals surface area contributed by atoms with E-state index in [1.54, 1.807) is 0 Å². The van der Waals surface area contributed by atoms with E-state index >= 15 is 0 Å². The van der Waals surface area contributed by atoms with Crippen LogP contribution in [0.25, 0.3) is 0 Å². The summed E-state index contributed by atoms with van der Waals surface area (Å²) < 4.78 is 29.4. The normalized spacial score (nSPS) is 10.6. The fraction of sp³-hybridized carbons (Fsp3) is 0.333. The summed E-state index contributed by atoms with van der Waals surface area (Å²) in [6.07, 6.45) is -2.87. The van der Waals surface area contributed by atoms with Crippen molar-refractivity contribution >= 4 is 5.97 Å². The van der Waals surface area contributed by atoms with Gasteiger partial charge in [0.25, 0.3) is 6.43 Å². The molecule has 0 aromatic carbocycles. The molecule has 0 aliphatic heterocycles. The predicted octanol–water partition coefficient (Wildman–Crippen LogP) is 0.970. The van der Waals surface area contributed by atoms with Crippen molar-refractivity contribution < 1.29 is 23.4 Å². The number of nitrogens with two attached hydrogens (primary N) is 1. The minimum Gasteiger partial charge on any atom is -0.505 e. The minimum atomic E-state index is -2.87. The summed E-state index contributed by atoms with van der Waals surface area (Å²) >= 11 is 0. The van der Waals surface area contributed by atoms with Crippen molar-refractivity contribution in [3.8, 4) is 5.75 Å². The molecule has 5 nitrogen and oxygen atoms in total. The smallest absolute Gasteiger partial charge is 0.360 e. The van der Waals surface area contributed by atoms with Crippen molar-refractivity contribution in [2.75, 3.05) is 7.11 Å². The van der Waals surface area contributed by atoms with Crippen LogP contribution in [0.15, 0.2) is 6.07 Å². The lowest BCUT2D eigenvalue weighted by Crippen LogP contribution is -2.11. The Hall–Kier alpha value is -1.76. The van der Waals surface area contributed by atoms with Gasteiger partial charge in [-0.05, 0) is 11.6 Å². The number of pyridine rings is 1. The van der Waals surface area contributed by atoms with Crippen molar-refractivity contribution in [1.82, 2.24) is 4.98 Å². The third-order valence-electron chi connectivity index (χ3n) is 1.92. The fourth-order valence-electron chi connectivity index (χ4n) is 1.16. The summed E-state index contributed by atoms with van der Waals surface area (Å²) in [6.45, 7) is -0.207. The summed E-state index contributed by atoms with van der Waals surface area (Å²) in [4.78, 5) is 14.4. The topological polar surface area (TPSA) is 85.4 Å². The quantitative estimate of drug-likeness (QED) is 0.758. The lowest BCUT2D eigenvalue weighted by atomic mass is 10.1. The number of hydrogen-bond acceptors (Lipinski definition) is 5. The molecule has 0 fully saturated rings. The van der Waals surface area contributed by atoms with Gasteiger partial charge < -0.3 is 15.6 Å². The minimum absolute atomic E-state index is 0.0137. The SMILES string of the molecule is COC(=O)c1nc(C(F)F)c(CN)cc1O. The Kier molecular flexibility index (Phi) is 3.73. The molecule has 1 aromatic heterocycles. The lowest BCUT2D eigenvalue weighted by molar-refractivity contribution is 0.0588. The maximum atomic E-state index is 12.5. The number of hydrogen-bond donors (Lipinski definition) is 2. The first kappa shape index (κ1) is 12.3. The number of methoxy groups -OCH3 is 1. The highest BCUT2D eigenvalue weighted by atomic mass is 19.3. The highest BCUT2D eigenvalue weighted by Gasteiger charge is 2.21. The molecule has 0 saturated carbocycles. The van der Waals surface area contributed by atoms with E-state index in [9.17, 15) is 18.7 Å². The molecule has 7 heteroatoms. The number of esters is 1. The highest BCUT2D eigenvalue weighted by Crippen LogP contribution is 2.26. The van der Waals surface area contributed by atoms with Crippen LogP contribution < -0.4 is 5.73 Å². The van der Waals surface area contributed by atoms with E-state index in [4.69, 9.17) is 5.73 Å². The largest absolute Gasteiger partial charge is 0.505 e. The fourth-order valence-corrected chi connectivity index (χ4v) is 1.16. The van der Waals surface area contributed by atoms with E-state index in [0.717, 1.165) is 13.2 Å². The van der Waals surface area contributed by atoms with Crippen molar-refractivity contribution in [2.24, 2.45) is 5.73 Å². The first-order valence-electron chi connectivity index (χ1n) is 4.30. The second-order valence-corrected chi connectivity index (χ2v) is 2.90. The molecule has 1 heterocycles. The van der Waals surface area contributed by atoms with Gasteiger partial charge in [-0.3, -0.25) is 0 Å². The number of aromatic hydroxyl groups is 1. The number of rotatable bonds is 3. The zero-order valence-corrected chi connectivity index (χ0v) is 8.41. The third-order valence-corrected chi connectivity index (χ3v) is 1.92. The third kappa shape index (κ3) is 2.25. The van der Waals surface area contributed by atoms with Gasteiger partial charge in [-0.1, -0.05) is 0 Å². The number of carbonyl (C=O) groups excluding carboxylic acids is 1. The van der Waals surface area contributed by atoms with E-state index in [-0.39, 0.29) is 12.1 Å². The summed E-state index contributed by atoms with van der Waals surface area (Å²) in [5.74, 6) is -1.51. The van der Waals surface area contributed by atoms with Gasteiger partial charge >= 0.3 is 5.97 Å². The van der Waals surface area contributed by atoms with E-state index < -0.39 is 29.5 Å². The van der Waals surface area contributed by atoms with Gasteiger partial charge in [0.05, 0.1) is 7.11 Å². The van der Waals surface area contributed by atoms with Crippen LogP contribution in [-0.2, 0) is 11.3 Å². The van der Waals surface area contributed by atoms with Crippen LogP contribution in [0.4, 0.5) is 8.78 Å². The summed E-state index contributed by atoms with van der Waals surface area (Å²) in [5, 5.41) is 9.37. The van der Waals surface area contributed by atoms with Crippen molar-refractivity contribution in [2.45, 2.75) is 13.0 Å². The maximum Gasteiger partial charge on any atom is 0.360 e. The number of halogens is 2. The Morgan fingerprint density at radius 1 is 1.69 bits per heavy atom. The zero-order chi connectivity index (χ0) is 12.3. The van der Waals surface area contributed by atoms with Crippen molar-refractivity contribution in [1.29, 1.82) is 0 Å². The Morgan fingerprint density at radius 3 is 2.75 bits per heavy atom. The van der Waals surface area contributed by atoms with Crippen LogP contribution in [0.2, 0.25) is 0 Å². The molecule has 88 valence electrons.